The van der Waals surface area contributed by atoms with Crippen molar-refractivity contribution in [2.24, 2.45) is 0 Å². The summed E-state index contributed by atoms with van der Waals surface area (Å²) in [6, 6.07) is 82.4. The number of phosphoric acid groups is 1. The number of phosphoric ester groups is 1. The molecule has 0 spiro atoms. The zero-order valence-corrected chi connectivity index (χ0v) is 53.2. The molecule has 0 saturated heterocycles. The summed E-state index contributed by atoms with van der Waals surface area (Å²) >= 11 is 0. The third-order valence-electron chi connectivity index (χ3n) is 17.1. The maximum atomic E-state index is 17.5. The molecule has 0 saturated carbocycles. The Labute approximate surface area is 525 Å². The Balaban J connectivity index is 1.10. The predicted octanol–water partition coefficient (Wildman–Crippen LogP) is 16.4. The molecule has 3 heterocycles. The highest BCUT2D eigenvalue weighted by Crippen LogP contribution is 2.55. The molecule has 0 fully saturated rings. The lowest BCUT2D eigenvalue weighted by atomic mass is 10.0. The number of hydrogen-bond acceptors (Lipinski definition) is 7. The van der Waals surface area contributed by atoms with Crippen molar-refractivity contribution in [1.82, 2.24) is 28.4 Å². The number of likely N-dealkylation sites (N-methyl/N-ethyl adjacent to an activating group) is 3. The van der Waals surface area contributed by atoms with E-state index in [9.17, 15) is 0 Å². The third-order valence-corrected chi connectivity index (χ3v) is 18.3. The lowest BCUT2D eigenvalue weighted by molar-refractivity contribution is 0.301. The summed E-state index contributed by atoms with van der Waals surface area (Å²) in [4.78, 5) is 6.67. The number of benzene rings is 9. The normalized spacial score (nSPS) is 11.9. The van der Waals surface area contributed by atoms with Gasteiger partial charge in [0, 0.05) is 91.8 Å². The van der Waals surface area contributed by atoms with Gasteiger partial charge in [0.25, 0.3) is 0 Å². The fourth-order valence-electron chi connectivity index (χ4n) is 12.8. The molecule has 0 aliphatic carbocycles. The van der Waals surface area contributed by atoms with Crippen LogP contribution >= 0.6 is 7.82 Å². The molecule has 0 aliphatic rings. The molecule has 10 nitrogen and oxygen atoms in total. The fraction of sp³-hybridized carbons (Fsp3) is 0.231. The molecule has 11 heteroatoms. The van der Waals surface area contributed by atoms with Gasteiger partial charge in [-0.2, -0.15) is 4.57 Å². The van der Waals surface area contributed by atoms with Gasteiger partial charge < -0.3 is 42.0 Å². The SMILES string of the molecule is CN(C)CCc1c(Cc2ccccc2)n(Cc2ccccc2)c2cccc(OP(=O)(Oc3cccc4c3c(CCN(C)C)c(Cc3ccccc3)n4Cc3ccccc3)Oc3cccc4c3c(CCN(C)C)c(Cc3ccccc3)n4Cc3ccccc3)c12. The number of rotatable bonds is 27. The van der Waals surface area contributed by atoms with Crippen LogP contribution in [0.1, 0.15) is 67.2 Å². The predicted molar refractivity (Wildman–Crippen MR) is 366 cm³/mol. The monoisotopic (exact) mass is 1200 g/mol. The van der Waals surface area contributed by atoms with E-state index in [1.165, 1.54) is 50.5 Å². The van der Waals surface area contributed by atoms with Crippen LogP contribution in [0.3, 0.4) is 0 Å². The van der Waals surface area contributed by atoms with E-state index in [4.69, 9.17) is 13.6 Å². The quantitative estimate of drug-likeness (QED) is 0.0475. The van der Waals surface area contributed by atoms with Crippen molar-refractivity contribution >= 4 is 40.5 Å². The van der Waals surface area contributed by atoms with Crippen LogP contribution in [-0.4, -0.2) is 90.3 Å². The zero-order valence-electron chi connectivity index (χ0n) is 52.3. The van der Waals surface area contributed by atoms with Crippen molar-refractivity contribution in [3.05, 3.63) is 304 Å². The Morgan fingerprint density at radius 3 is 0.775 bits per heavy atom. The third kappa shape index (κ3) is 14.0. The van der Waals surface area contributed by atoms with Gasteiger partial charge in [-0.3, -0.25) is 0 Å². The minimum Gasteiger partial charge on any atom is -0.385 e. The van der Waals surface area contributed by atoms with Crippen LogP contribution in [0.15, 0.2) is 237 Å². The van der Waals surface area contributed by atoms with Gasteiger partial charge in [0.2, 0.25) is 0 Å². The van der Waals surface area contributed by atoms with E-state index in [1.54, 1.807) is 0 Å². The summed E-state index contributed by atoms with van der Waals surface area (Å²) in [5, 5.41) is 2.66. The summed E-state index contributed by atoms with van der Waals surface area (Å²) in [5.41, 5.74) is 17.0. The van der Waals surface area contributed by atoms with Crippen LogP contribution < -0.4 is 13.6 Å². The van der Waals surface area contributed by atoms with Gasteiger partial charge >= 0.3 is 7.82 Å². The molecule has 89 heavy (non-hydrogen) atoms. The second kappa shape index (κ2) is 27.7. The molecule has 9 aromatic carbocycles. The molecular formula is C78H81N6O4P. The molecule has 0 radical (unpaired) electrons. The summed E-state index contributed by atoms with van der Waals surface area (Å²) in [6.45, 7) is 4.20. The van der Waals surface area contributed by atoms with Gasteiger partial charge in [-0.1, -0.05) is 200 Å². The summed E-state index contributed by atoms with van der Waals surface area (Å²) < 4.78 is 47.1. The van der Waals surface area contributed by atoms with E-state index in [2.05, 4.69) is 271 Å². The van der Waals surface area contributed by atoms with Crippen LogP contribution in [0.25, 0.3) is 32.7 Å². The van der Waals surface area contributed by atoms with E-state index < -0.39 is 7.82 Å². The second-order valence-electron chi connectivity index (χ2n) is 24.3. The van der Waals surface area contributed by atoms with Crippen molar-refractivity contribution in [3.63, 3.8) is 0 Å². The first-order valence-corrected chi connectivity index (χ1v) is 32.7. The molecule has 0 amide bonds. The second-order valence-corrected chi connectivity index (χ2v) is 25.8. The fourth-order valence-corrected chi connectivity index (χ4v) is 14.1. The molecule has 12 rings (SSSR count). The molecular weight excluding hydrogens is 1120 g/mol. The van der Waals surface area contributed by atoms with Crippen LogP contribution in [0.2, 0.25) is 0 Å². The largest absolute Gasteiger partial charge is 0.647 e. The zero-order chi connectivity index (χ0) is 61.3. The van der Waals surface area contributed by atoms with Crippen molar-refractivity contribution < 1.29 is 18.1 Å². The minimum absolute atomic E-state index is 0.429. The van der Waals surface area contributed by atoms with Crippen LogP contribution in [0, 0.1) is 0 Å². The highest BCUT2D eigenvalue weighted by Gasteiger charge is 2.38. The van der Waals surface area contributed by atoms with Crippen molar-refractivity contribution in [2.45, 2.75) is 58.2 Å². The van der Waals surface area contributed by atoms with Crippen molar-refractivity contribution in [3.8, 4) is 17.2 Å². The Kier molecular flexibility index (Phi) is 18.8. The van der Waals surface area contributed by atoms with Crippen molar-refractivity contribution in [1.29, 1.82) is 0 Å². The molecule has 0 unspecified atom stereocenters. The van der Waals surface area contributed by atoms with Crippen LogP contribution in [0.4, 0.5) is 0 Å². The maximum absolute atomic E-state index is 17.5. The van der Waals surface area contributed by atoms with E-state index >= 15 is 4.57 Å². The van der Waals surface area contributed by atoms with Crippen molar-refractivity contribution in [2.75, 3.05) is 61.9 Å². The number of fused-ring (bicyclic) bond motifs is 3. The Morgan fingerprint density at radius 2 is 0.539 bits per heavy atom. The molecule has 3 aromatic heterocycles. The van der Waals surface area contributed by atoms with Gasteiger partial charge in [-0.25, -0.2) is 0 Å². The highest BCUT2D eigenvalue weighted by atomic mass is 31.2. The number of aromatic nitrogens is 3. The average Bonchev–Trinajstić information content (AvgIpc) is 1.67. The van der Waals surface area contributed by atoms with E-state index in [0.717, 1.165) is 69.0 Å². The molecule has 0 atom stereocenters. The first-order valence-electron chi connectivity index (χ1n) is 31.2. The Hall–Kier alpha value is -8.89. The first-order chi connectivity index (χ1) is 43.4. The lowest BCUT2D eigenvalue weighted by Gasteiger charge is -2.22. The van der Waals surface area contributed by atoms with Gasteiger partial charge in [-0.15, -0.1) is 0 Å². The standard InChI is InChI=1S/C78H81N6O4P/c1-79(2)49-46-64-70(52-58-28-13-7-14-29-58)82(55-61-34-19-10-20-35-61)67-40-25-43-73(76(64)67)86-89(85,87-74-44-26-41-68-77(74)65(47-50-80(3)4)71(53-59-30-15-8-16-31-59)83(68)56-62-36-21-11-22-37-62)88-75-45-27-42-69-78(75)66(48-51-81(5)6)72(54-60-32-17-9-18-33-60)84(69)57-63-38-23-12-24-39-63/h7-45H,46-57H2,1-6H3. The van der Waals surface area contributed by atoms with E-state index in [-0.39, 0.29) is 0 Å². The molecule has 0 N–H and O–H groups in total. The molecule has 452 valence electrons. The number of hydrogen-bond donors (Lipinski definition) is 0. The van der Waals surface area contributed by atoms with Gasteiger partial charge in [0.05, 0.1) is 16.6 Å². The number of nitrogens with zero attached hydrogens (tertiary/aromatic N) is 6. The maximum Gasteiger partial charge on any atom is 0.647 e. The Bertz CT molecular complexity index is 3910. The smallest absolute Gasteiger partial charge is 0.385 e. The summed E-state index contributed by atoms with van der Waals surface area (Å²) in [5.74, 6) is 1.29. The first kappa shape index (κ1) is 60.4. The van der Waals surface area contributed by atoms with E-state index in [0.29, 0.717) is 75.4 Å². The molecule has 0 aliphatic heterocycles. The Morgan fingerprint density at radius 1 is 0.303 bits per heavy atom. The molecule has 0 bridgehead atoms. The summed E-state index contributed by atoms with van der Waals surface area (Å²) in [7, 11) is 7.85. The van der Waals surface area contributed by atoms with Crippen LogP contribution in [-0.2, 0) is 62.7 Å². The van der Waals surface area contributed by atoms with E-state index in [1.807, 2.05) is 36.4 Å². The summed E-state index contributed by atoms with van der Waals surface area (Å²) in [6.07, 6.45) is 4.17. The van der Waals surface area contributed by atoms with Gasteiger partial charge in [-0.05, 0) is 148 Å². The molecule has 12 aromatic rings. The van der Waals surface area contributed by atoms with Gasteiger partial charge in [0.15, 0.2) is 0 Å². The minimum atomic E-state index is -4.85. The average molecular weight is 1200 g/mol. The topological polar surface area (TPSA) is 69.3 Å². The van der Waals surface area contributed by atoms with Gasteiger partial charge in [0.1, 0.15) is 17.2 Å². The highest BCUT2D eigenvalue weighted by molar-refractivity contribution is 7.49. The van der Waals surface area contributed by atoms with Crippen LogP contribution in [0.5, 0.6) is 17.2 Å². The lowest BCUT2D eigenvalue weighted by Crippen LogP contribution is -2.16.